The van der Waals surface area contributed by atoms with Crippen LogP contribution in [0.3, 0.4) is 0 Å². The largest absolute Gasteiger partial charge is 0.455 e. The van der Waals surface area contributed by atoms with Crippen LogP contribution >= 0.6 is 0 Å². The molecule has 342 valence electrons. The minimum atomic E-state index is -0.139. The van der Waals surface area contributed by atoms with Gasteiger partial charge in [0.1, 0.15) is 11.2 Å². The van der Waals surface area contributed by atoms with E-state index in [1.807, 2.05) is 6.07 Å². The second-order valence-corrected chi connectivity index (χ2v) is 22.0. The molecule has 0 spiro atoms. The third kappa shape index (κ3) is 6.94. The summed E-state index contributed by atoms with van der Waals surface area (Å²) >= 11 is 0. The highest BCUT2D eigenvalue weighted by atomic mass is 16.3. The minimum absolute atomic E-state index is 0.0198. The van der Waals surface area contributed by atoms with Gasteiger partial charge in [-0.05, 0) is 171 Å². The first-order valence-corrected chi connectivity index (χ1v) is 24.9. The predicted octanol–water partition coefficient (Wildman–Crippen LogP) is 16.5. The lowest BCUT2D eigenvalue weighted by molar-refractivity contribution is 0.590. The number of rotatable bonds is 5. The van der Waals surface area contributed by atoms with Crippen LogP contribution in [0, 0.1) is 27.7 Å². The van der Waals surface area contributed by atoms with Crippen LogP contribution in [-0.2, 0) is 10.8 Å². The maximum absolute atomic E-state index is 6.56. The molecule has 0 N–H and O–H groups in total. The van der Waals surface area contributed by atoms with Gasteiger partial charge in [0.05, 0.1) is 0 Å². The summed E-state index contributed by atoms with van der Waals surface area (Å²) in [5.74, 6) is 0. The molecule has 0 radical (unpaired) electrons. The Bertz CT molecular complexity index is 3690. The normalized spacial score (nSPS) is 13.2. The Hall–Kier alpha value is -7.56. The summed E-state index contributed by atoms with van der Waals surface area (Å²) in [5.41, 5.74) is 27.8. The minimum Gasteiger partial charge on any atom is -0.455 e. The van der Waals surface area contributed by atoms with Gasteiger partial charge in [-0.2, -0.15) is 0 Å². The molecule has 0 atom stereocenters. The number of hydrogen-bond donors (Lipinski definition) is 0. The van der Waals surface area contributed by atoms with Gasteiger partial charge in [-0.25, -0.2) is 0 Å². The van der Waals surface area contributed by atoms with Gasteiger partial charge in [0, 0.05) is 50.5 Å². The lowest BCUT2D eigenvalue weighted by Crippen LogP contribution is -2.61. The highest BCUT2D eigenvalue weighted by molar-refractivity contribution is 7.00. The number of furan rings is 1. The molecule has 3 nitrogen and oxygen atoms in total. The topological polar surface area (TPSA) is 19.6 Å². The molecule has 1 aromatic heterocycles. The fraction of sp³-hybridized carbons (Fsp3) is 0.182. The molecule has 9 aromatic carbocycles. The number of benzene rings is 9. The highest BCUT2D eigenvalue weighted by Crippen LogP contribution is 2.48. The molecule has 0 amide bonds. The van der Waals surface area contributed by atoms with Gasteiger partial charge in [0.25, 0.3) is 6.71 Å². The first-order valence-electron chi connectivity index (χ1n) is 24.9. The molecule has 3 heterocycles. The fourth-order valence-electron chi connectivity index (χ4n) is 11.7. The number of anilines is 6. The molecule has 0 aliphatic carbocycles. The van der Waals surface area contributed by atoms with E-state index >= 15 is 0 Å². The van der Waals surface area contributed by atoms with E-state index in [9.17, 15) is 0 Å². The fourth-order valence-corrected chi connectivity index (χ4v) is 11.7. The summed E-state index contributed by atoms with van der Waals surface area (Å²) < 4.78 is 6.56. The zero-order chi connectivity index (χ0) is 48.4. The smallest absolute Gasteiger partial charge is 0.252 e. The van der Waals surface area contributed by atoms with Crippen molar-refractivity contribution in [3.05, 3.63) is 209 Å². The third-order valence-corrected chi connectivity index (χ3v) is 15.3. The molecule has 2 aliphatic heterocycles. The summed E-state index contributed by atoms with van der Waals surface area (Å²) in [6.45, 7) is 23.0. The Labute approximate surface area is 414 Å². The van der Waals surface area contributed by atoms with Crippen molar-refractivity contribution in [2.45, 2.75) is 80.1 Å². The first kappa shape index (κ1) is 43.7. The monoisotopic (exact) mass is 906 g/mol. The van der Waals surface area contributed by atoms with E-state index in [4.69, 9.17) is 4.42 Å². The Morgan fingerprint density at radius 3 is 1.53 bits per heavy atom. The van der Waals surface area contributed by atoms with E-state index in [0.29, 0.717) is 0 Å². The SMILES string of the molecule is Cc1cccc(C)c1-c1ccc(N2c3ccc(-c4c(C)cccc4C)cc3B3c4ccc(C(C)(C)C)cc4N(c4ccc(-c5cccc6c5oc5ccccc56)cc4)c4cc(C(C)(C)C)cc2c43)cc1. The van der Waals surface area contributed by atoms with Crippen LogP contribution in [0.25, 0.3) is 55.3 Å². The molecule has 2 aliphatic rings. The Morgan fingerprint density at radius 2 is 0.914 bits per heavy atom. The zero-order valence-corrected chi connectivity index (χ0v) is 42.1. The van der Waals surface area contributed by atoms with Gasteiger partial charge in [-0.3, -0.25) is 0 Å². The summed E-state index contributed by atoms with van der Waals surface area (Å²) in [6.07, 6.45) is 0. The second kappa shape index (κ2) is 16.0. The van der Waals surface area contributed by atoms with Gasteiger partial charge in [0.2, 0.25) is 0 Å². The van der Waals surface area contributed by atoms with Crippen molar-refractivity contribution in [1.29, 1.82) is 0 Å². The van der Waals surface area contributed by atoms with Gasteiger partial charge < -0.3 is 14.2 Å². The van der Waals surface area contributed by atoms with Crippen LogP contribution in [0.2, 0.25) is 0 Å². The van der Waals surface area contributed by atoms with Crippen molar-refractivity contribution >= 4 is 79.2 Å². The number of nitrogens with zero attached hydrogens (tertiary/aromatic N) is 2. The molecule has 0 unspecified atom stereocenters. The average molecular weight is 907 g/mol. The van der Waals surface area contributed by atoms with E-state index in [0.717, 1.165) is 44.4 Å². The number of aryl methyl sites for hydroxylation is 4. The van der Waals surface area contributed by atoms with Crippen molar-refractivity contribution in [3.8, 4) is 33.4 Å². The highest BCUT2D eigenvalue weighted by Gasteiger charge is 2.44. The Morgan fingerprint density at radius 1 is 0.400 bits per heavy atom. The molecule has 0 fully saturated rings. The van der Waals surface area contributed by atoms with Crippen molar-refractivity contribution in [2.75, 3.05) is 9.80 Å². The van der Waals surface area contributed by atoms with E-state index in [1.165, 1.54) is 94.8 Å². The van der Waals surface area contributed by atoms with Crippen molar-refractivity contribution in [1.82, 2.24) is 0 Å². The Kier molecular flexibility index (Phi) is 9.99. The molecular weight excluding hydrogens is 848 g/mol. The van der Waals surface area contributed by atoms with Gasteiger partial charge in [-0.1, -0.05) is 163 Å². The lowest BCUT2D eigenvalue weighted by atomic mass is 9.33. The van der Waals surface area contributed by atoms with E-state index in [2.05, 4.69) is 249 Å². The van der Waals surface area contributed by atoms with E-state index < -0.39 is 0 Å². The van der Waals surface area contributed by atoms with E-state index in [-0.39, 0.29) is 17.5 Å². The predicted molar refractivity (Wildman–Crippen MR) is 300 cm³/mol. The quantitative estimate of drug-likeness (QED) is 0.160. The van der Waals surface area contributed by atoms with Crippen LogP contribution in [-0.4, -0.2) is 6.71 Å². The number of hydrogen-bond acceptors (Lipinski definition) is 3. The van der Waals surface area contributed by atoms with Crippen LogP contribution in [0.4, 0.5) is 34.1 Å². The molecular formula is C66H59BN2O. The molecule has 0 saturated heterocycles. The maximum atomic E-state index is 6.56. The van der Waals surface area contributed by atoms with Crippen molar-refractivity contribution in [3.63, 3.8) is 0 Å². The number of para-hydroxylation sites is 2. The summed E-state index contributed by atoms with van der Waals surface area (Å²) in [6, 6.07) is 66.3. The third-order valence-electron chi connectivity index (χ3n) is 15.3. The van der Waals surface area contributed by atoms with Gasteiger partial charge in [-0.15, -0.1) is 0 Å². The molecule has 10 aromatic rings. The van der Waals surface area contributed by atoms with Crippen molar-refractivity contribution in [2.24, 2.45) is 0 Å². The lowest BCUT2D eigenvalue weighted by Gasteiger charge is -2.45. The first-order chi connectivity index (χ1) is 33.6. The molecule has 70 heavy (non-hydrogen) atoms. The van der Waals surface area contributed by atoms with Crippen LogP contribution in [0.5, 0.6) is 0 Å². The summed E-state index contributed by atoms with van der Waals surface area (Å²) in [5, 5.41) is 2.28. The molecule has 4 heteroatoms. The zero-order valence-electron chi connectivity index (χ0n) is 42.1. The van der Waals surface area contributed by atoms with Crippen LogP contribution in [0.15, 0.2) is 180 Å². The van der Waals surface area contributed by atoms with Crippen LogP contribution < -0.4 is 26.2 Å². The number of fused-ring (bicyclic) bond motifs is 7. The van der Waals surface area contributed by atoms with Gasteiger partial charge in [0.15, 0.2) is 0 Å². The van der Waals surface area contributed by atoms with Crippen LogP contribution in [0.1, 0.15) is 74.9 Å². The standard InChI is InChI=1S/C66H59BN2O/c1-40-16-13-17-41(2)61(40)45-26-32-49(33-27-45)68-56-35-28-46(62-42(3)18-14-19-43(62)4)36-55(56)67-54-34-29-47(65(5,6)7)37-57(54)69(59-39-48(66(8,9)10)38-58(68)63(59)67)50-30-24-44(25-31-50)51-21-15-22-53-52-20-11-12-23-60(52)70-64(51)53/h11-39H,1-10H3. The molecule has 12 rings (SSSR count). The average Bonchev–Trinajstić information content (AvgIpc) is 3.72. The van der Waals surface area contributed by atoms with Gasteiger partial charge >= 0.3 is 0 Å². The Balaban J connectivity index is 1.12. The molecule has 0 bridgehead atoms. The molecule has 0 saturated carbocycles. The second-order valence-electron chi connectivity index (χ2n) is 22.0. The summed E-state index contributed by atoms with van der Waals surface area (Å²) in [4.78, 5) is 5.13. The van der Waals surface area contributed by atoms with Crippen molar-refractivity contribution < 1.29 is 4.42 Å². The maximum Gasteiger partial charge on any atom is 0.252 e. The summed E-state index contributed by atoms with van der Waals surface area (Å²) in [7, 11) is 0. The van der Waals surface area contributed by atoms with E-state index in [1.54, 1.807) is 0 Å².